The molecule has 0 aliphatic rings. The second-order valence-corrected chi connectivity index (χ2v) is 4.67. The number of ether oxygens (including phenoxy) is 1. The summed E-state index contributed by atoms with van der Waals surface area (Å²) in [5.41, 5.74) is 11.3. The number of hydrogen-bond donors (Lipinski definition) is 3. The normalized spacial score (nSPS) is 10.2. The van der Waals surface area contributed by atoms with Crippen LogP contribution in [0.4, 0.5) is 21.5 Å². The molecule has 0 bridgehead atoms. The fourth-order valence-corrected chi connectivity index (χ4v) is 2.06. The Labute approximate surface area is 125 Å². The Balaban J connectivity index is 2.37. The zero-order valence-corrected chi connectivity index (χ0v) is 11.9. The third kappa shape index (κ3) is 3.17. The number of nitrogens with two attached hydrogens (primary N) is 2. The lowest BCUT2D eigenvalue weighted by Crippen LogP contribution is -2.14. The topological polar surface area (TPSA) is 90.4 Å². The predicted octanol–water partition coefficient (Wildman–Crippen LogP) is 2.91. The number of halogens is 2. The number of carbonyl (C=O) groups is 1. The maximum absolute atomic E-state index is 13.9. The molecule has 0 radical (unpaired) electrons. The first kappa shape index (κ1) is 14.9. The molecule has 0 saturated carbocycles. The van der Waals surface area contributed by atoms with Gasteiger partial charge in [-0.05, 0) is 30.3 Å². The maximum atomic E-state index is 13.9. The van der Waals surface area contributed by atoms with Crippen molar-refractivity contribution in [2.24, 2.45) is 5.73 Å². The van der Waals surface area contributed by atoms with Crippen molar-refractivity contribution in [3.8, 4) is 5.75 Å². The number of carbonyl (C=O) groups excluding carboxylic acids is 1. The summed E-state index contributed by atoms with van der Waals surface area (Å²) < 4.78 is 18.9. The van der Waals surface area contributed by atoms with Gasteiger partial charge in [-0.2, -0.15) is 0 Å². The molecule has 21 heavy (non-hydrogen) atoms. The van der Waals surface area contributed by atoms with E-state index >= 15 is 0 Å². The molecule has 0 fully saturated rings. The van der Waals surface area contributed by atoms with Gasteiger partial charge in [0, 0.05) is 11.4 Å². The quantitative estimate of drug-likeness (QED) is 0.757. The predicted molar refractivity (Wildman–Crippen MR) is 80.6 cm³/mol. The first-order chi connectivity index (χ1) is 9.92. The minimum Gasteiger partial charge on any atom is -0.495 e. The summed E-state index contributed by atoms with van der Waals surface area (Å²) in [7, 11) is 1.49. The van der Waals surface area contributed by atoms with E-state index in [1.54, 1.807) is 18.2 Å². The largest absolute Gasteiger partial charge is 0.495 e. The molecule has 2 rings (SSSR count). The van der Waals surface area contributed by atoms with Gasteiger partial charge in [-0.25, -0.2) is 4.39 Å². The standard InChI is InChI=1S/C14H13ClFN3O2/c1-21-13-3-2-7(4-9(13)15)19-12-5-8(14(18)20)11(17)6-10(12)16/h2-6,19H,17H2,1H3,(H2,18,20). The molecule has 0 aliphatic carbocycles. The third-order valence-electron chi connectivity index (χ3n) is 2.84. The SMILES string of the molecule is COc1ccc(Nc2cc(C(N)=O)c(N)cc2F)cc1Cl. The van der Waals surface area contributed by atoms with E-state index in [0.717, 1.165) is 6.07 Å². The summed E-state index contributed by atoms with van der Waals surface area (Å²) in [6, 6.07) is 7.15. The van der Waals surface area contributed by atoms with E-state index < -0.39 is 11.7 Å². The third-order valence-corrected chi connectivity index (χ3v) is 3.13. The highest BCUT2D eigenvalue weighted by Crippen LogP contribution is 2.30. The van der Waals surface area contributed by atoms with Crippen LogP contribution in [0.1, 0.15) is 10.4 Å². The van der Waals surface area contributed by atoms with Crippen LogP contribution < -0.4 is 21.5 Å². The van der Waals surface area contributed by atoms with Crippen molar-refractivity contribution >= 4 is 34.6 Å². The number of hydrogen-bond acceptors (Lipinski definition) is 4. The van der Waals surface area contributed by atoms with Crippen LogP contribution in [0.2, 0.25) is 5.02 Å². The lowest BCUT2D eigenvalue weighted by Gasteiger charge is -2.12. The average Bonchev–Trinajstić information content (AvgIpc) is 2.41. The van der Waals surface area contributed by atoms with Crippen LogP contribution in [0.5, 0.6) is 5.75 Å². The maximum Gasteiger partial charge on any atom is 0.250 e. The van der Waals surface area contributed by atoms with Crippen LogP contribution in [-0.4, -0.2) is 13.0 Å². The molecular formula is C14H13ClFN3O2. The molecule has 110 valence electrons. The van der Waals surface area contributed by atoms with Gasteiger partial charge in [-0.3, -0.25) is 4.79 Å². The van der Waals surface area contributed by atoms with Gasteiger partial charge in [0.1, 0.15) is 11.6 Å². The van der Waals surface area contributed by atoms with Gasteiger partial charge >= 0.3 is 0 Å². The van der Waals surface area contributed by atoms with Gasteiger partial charge < -0.3 is 21.5 Å². The molecule has 0 spiro atoms. The number of primary amides is 1. The van der Waals surface area contributed by atoms with Crippen molar-refractivity contribution in [3.05, 3.63) is 46.7 Å². The Kier molecular flexibility index (Phi) is 4.18. The summed E-state index contributed by atoms with van der Waals surface area (Å²) in [6.45, 7) is 0. The smallest absolute Gasteiger partial charge is 0.250 e. The zero-order chi connectivity index (χ0) is 15.6. The van der Waals surface area contributed by atoms with E-state index in [9.17, 15) is 9.18 Å². The number of nitrogen functional groups attached to an aromatic ring is 1. The molecule has 0 unspecified atom stereocenters. The Bertz CT molecular complexity index is 707. The number of amides is 1. The minimum atomic E-state index is -0.733. The lowest BCUT2D eigenvalue weighted by molar-refractivity contribution is 0.100. The monoisotopic (exact) mass is 309 g/mol. The van der Waals surface area contributed by atoms with Crippen LogP contribution in [0.3, 0.4) is 0 Å². The molecule has 0 aromatic heterocycles. The zero-order valence-electron chi connectivity index (χ0n) is 11.1. The van der Waals surface area contributed by atoms with E-state index in [1.165, 1.54) is 13.2 Å². The molecule has 5 N–H and O–H groups in total. The van der Waals surface area contributed by atoms with Crippen molar-refractivity contribution < 1.29 is 13.9 Å². The number of rotatable bonds is 4. The van der Waals surface area contributed by atoms with Crippen LogP contribution in [-0.2, 0) is 0 Å². The van der Waals surface area contributed by atoms with Crippen LogP contribution in [0.25, 0.3) is 0 Å². The molecule has 7 heteroatoms. The molecule has 0 aliphatic heterocycles. The second kappa shape index (κ2) is 5.88. The number of methoxy groups -OCH3 is 1. The van der Waals surface area contributed by atoms with E-state index in [2.05, 4.69) is 5.32 Å². The number of nitrogens with one attached hydrogen (secondary N) is 1. The van der Waals surface area contributed by atoms with Gasteiger partial charge in [-0.1, -0.05) is 11.6 Å². The Morgan fingerprint density at radius 2 is 2.05 bits per heavy atom. The van der Waals surface area contributed by atoms with Gasteiger partial charge in [0.05, 0.1) is 23.4 Å². The average molecular weight is 310 g/mol. The summed E-state index contributed by atoms with van der Waals surface area (Å²) in [5.74, 6) is -0.842. The number of anilines is 3. The van der Waals surface area contributed by atoms with E-state index in [1.807, 2.05) is 0 Å². The molecule has 0 atom stereocenters. The summed E-state index contributed by atoms with van der Waals surface area (Å²) >= 11 is 5.99. The van der Waals surface area contributed by atoms with Gasteiger partial charge in [0.25, 0.3) is 5.91 Å². The van der Waals surface area contributed by atoms with Crippen molar-refractivity contribution in [1.29, 1.82) is 0 Å². The lowest BCUT2D eigenvalue weighted by atomic mass is 10.1. The highest BCUT2D eigenvalue weighted by molar-refractivity contribution is 6.32. The first-order valence-corrected chi connectivity index (χ1v) is 6.29. The summed E-state index contributed by atoms with van der Waals surface area (Å²) in [6.07, 6.45) is 0. The van der Waals surface area contributed by atoms with E-state index in [0.29, 0.717) is 16.5 Å². The van der Waals surface area contributed by atoms with Crippen LogP contribution in [0.15, 0.2) is 30.3 Å². The number of benzene rings is 2. The van der Waals surface area contributed by atoms with Crippen LogP contribution >= 0.6 is 11.6 Å². The Morgan fingerprint density at radius 1 is 1.33 bits per heavy atom. The summed E-state index contributed by atoms with van der Waals surface area (Å²) in [5, 5.41) is 3.18. The molecular weight excluding hydrogens is 297 g/mol. The van der Waals surface area contributed by atoms with Crippen molar-refractivity contribution in [3.63, 3.8) is 0 Å². The highest BCUT2D eigenvalue weighted by Gasteiger charge is 2.12. The molecule has 0 heterocycles. The molecule has 1 amide bonds. The van der Waals surface area contributed by atoms with E-state index in [-0.39, 0.29) is 16.9 Å². The van der Waals surface area contributed by atoms with Crippen molar-refractivity contribution in [1.82, 2.24) is 0 Å². The van der Waals surface area contributed by atoms with Crippen LogP contribution in [0, 0.1) is 5.82 Å². The van der Waals surface area contributed by atoms with Gasteiger partial charge in [-0.15, -0.1) is 0 Å². The van der Waals surface area contributed by atoms with E-state index in [4.69, 9.17) is 27.8 Å². The molecule has 0 saturated heterocycles. The second-order valence-electron chi connectivity index (χ2n) is 4.26. The van der Waals surface area contributed by atoms with Crippen molar-refractivity contribution in [2.75, 3.05) is 18.2 Å². The van der Waals surface area contributed by atoms with Gasteiger partial charge in [0.2, 0.25) is 0 Å². The fraction of sp³-hybridized carbons (Fsp3) is 0.0714. The first-order valence-electron chi connectivity index (χ1n) is 5.91. The van der Waals surface area contributed by atoms with Gasteiger partial charge in [0.15, 0.2) is 0 Å². The highest BCUT2D eigenvalue weighted by atomic mass is 35.5. The minimum absolute atomic E-state index is 0.0155. The Morgan fingerprint density at radius 3 is 2.62 bits per heavy atom. The molecule has 2 aromatic carbocycles. The van der Waals surface area contributed by atoms with Crippen molar-refractivity contribution in [2.45, 2.75) is 0 Å². The molecule has 2 aromatic rings. The molecule has 5 nitrogen and oxygen atoms in total. The summed E-state index contributed by atoms with van der Waals surface area (Å²) in [4.78, 5) is 11.2. The fourth-order valence-electron chi connectivity index (χ4n) is 1.80. The Hall–Kier alpha value is -2.47.